The second-order valence-corrected chi connectivity index (χ2v) is 10.0. The summed E-state index contributed by atoms with van der Waals surface area (Å²) in [6.45, 7) is 4.42. The molecule has 5 heteroatoms. The van der Waals surface area contributed by atoms with Crippen LogP contribution in [-0.4, -0.2) is 26.8 Å². The molecule has 164 valence electrons. The van der Waals surface area contributed by atoms with Gasteiger partial charge in [-0.3, -0.25) is 9.78 Å². The molecule has 0 bridgehead atoms. The summed E-state index contributed by atoms with van der Waals surface area (Å²) in [6.07, 6.45) is 8.86. The molecule has 0 saturated heterocycles. The summed E-state index contributed by atoms with van der Waals surface area (Å²) in [7, 11) is 0. The molecule has 0 amide bonds. The average molecular weight is 428 g/mol. The van der Waals surface area contributed by atoms with Crippen molar-refractivity contribution in [3.8, 4) is 17.3 Å². The number of carbonyl (C=O) groups excluding carboxylic acids is 1. The highest BCUT2D eigenvalue weighted by atomic mass is 16.5. The van der Waals surface area contributed by atoms with E-state index in [0.29, 0.717) is 23.9 Å². The molecule has 2 heterocycles. The van der Waals surface area contributed by atoms with E-state index in [1.807, 2.05) is 30.5 Å². The SMILES string of the molecule is C[C@H]1C(=O)CC[C@@]2(C)c3nc(-c4ccnc5ccccc45)nc(OC4CCC4)c3CC[C@H]12. The minimum Gasteiger partial charge on any atom is -0.474 e. The Hall–Kier alpha value is -2.82. The first kappa shape index (κ1) is 19.8. The molecule has 2 aromatic heterocycles. The Balaban J connectivity index is 1.55. The average Bonchev–Trinajstić information content (AvgIpc) is 2.78. The molecule has 0 unspecified atom stereocenters. The van der Waals surface area contributed by atoms with Crippen molar-refractivity contribution >= 4 is 16.7 Å². The molecule has 1 aromatic carbocycles. The number of rotatable bonds is 3. The Morgan fingerprint density at radius 2 is 1.91 bits per heavy atom. The van der Waals surface area contributed by atoms with E-state index in [1.165, 1.54) is 12.0 Å². The van der Waals surface area contributed by atoms with E-state index in [4.69, 9.17) is 14.7 Å². The van der Waals surface area contributed by atoms with Crippen molar-refractivity contribution in [2.75, 3.05) is 0 Å². The van der Waals surface area contributed by atoms with Gasteiger partial charge in [0.05, 0.1) is 11.2 Å². The van der Waals surface area contributed by atoms with Crippen LogP contribution in [0.5, 0.6) is 5.88 Å². The maximum absolute atomic E-state index is 12.5. The van der Waals surface area contributed by atoms with Gasteiger partial charge in [0.25, 0.3) is 0 Å². The molecule has 6 rings (SSSR count). The molecule has 2 saturated carbocycles. The molecule has 3 atom stereocenters. The smallest absolute Gasteiger partial charge is 0.220 e. The molecule has 3 aliphatic rings. The Morgan fingerprint density at radius 3 is 2.72 bits per heavy atom. The van der Waals surface area contributed by atoms with E-state index in [1.54, 1.807) is 0 Å². The summed E-state index contributed by atoms with van der Waals surface area (Å²) in [4.78, 5) is 27.3. The number of hydrogen-bond donors (Lipinski definition) is 0. The Kier molecular flexibility index (Phi) is 4.56. The number of Topliss-reactive ketones (excluding diaryl/α,β-unsaturated/α-hetero) is 1. The molecular formula is C27H29N3O2. The van der Waals surface area contributed by atoms with Gasteiger partial charge in [0.15, 0.2) is 5.82 Å². The van der Waals surface area contributed by atoms with E-state index in [-0.39, 0.29) is 17.4 Å². The maximum atomic E-state index is 12.5. The van der Waals surface area contributed by atoms with Crippen LogP contribution in [0.1, 0.15) is 63.6 Å². The van der Waals surface area contributed by atoms with E-state index < -0.39 is 0 Å². The fourth-order valence-corrected chi connectivity index (χ4v) is 6.05. The van der Waals surface area contributed by atoms with Crippen molar-refractivity contribution in [1.82, 2.24) is 15.0 Å². The summed E-state index contributed by atoms with van der Waals surface area (Å²) in [6, 6.07) is 10.1. The van der Waals surface area contributed by atoms with Crippen LogP contribution in [-0.2, 0) is 16.6 Å². The van der Waals surface area contributed by atoms with Crippen LogP contribution in [0.4, 0.5) is 0 Å². The lowest BCUT2D eigenvalue weighted by atomic mass is 9.56. The zero-order valence-corrected chi connectivity index (χ0v) is 18.8. The van der Waals surface area contributed by atoms with Crippen molar-refractivity contribution < 1.29 is 9.53 Å². The van der Waals surface area contributed by atoms with Crippen LogP contribution in [0.2, 0.25) is 0 Å². The van der Waals surface area contributed by atoms with Crippen LogP contribution in [0.3, 0.4) is 0 Å². The number of nitrogens with zero attached hydrogens (tertiary/aromatic N) is 3. The number of aromatic nitrogens is 3. The first-order chi connectivity index (χ1) is 15.5. The number of ketones is 1. The quantitative estimate of drug-likeness (QED) is 0.557. The van der Waals surface area contributed by atoms with Gasteiger partial charge in [-0.25, -0.2) is 4.98 Å². The molecule has 32 heavy (non-hydrogen) atoms. The fourth-order valence-electron chi connectivity index (χ4n) is 6.05. The second-order valence-electron chi connectivity index (χ2n) is 10.0. The van der Waals surface area contributed by atoms with Gasteiger partial charge in [0.2, 0.25) is 5.88 Å². The van der Waals surface area contributed by atoms with E-state index in [9.17, 15) is 4.79 Å². The van der Waals surface area contributed by atoms with Crippen molar-refractivity contribution in [3.05, 3.63) is 47.8 Å². The molecule has 5 nitrogen and oxygen atoms in total. The standard InChI is InChI=1S/C27H29N3O2/c1-16-21-11-10-20-24(27(21,2)14-12-23(16)31)29-25(30-26(20)32-17-6-5-7-17)19-13-15-28-22-9-4-3-8-18(19)22/h3-4,8-9,13,15-17,21H,5-7,10-12,14H2,1-2H3/t16-,21-,27-/m1/s1. The highest BCUT2D eigenvalue weighted by molar-refractivity contribution is 5.92. The van der Waals surface area contributed by atoms with Gasteiger partial charge in [-0.15, -0.1) is 0 Å². The van der Waals surface area contributed by atoms with Crippen LogP contribution in [0.15, 0.2) is 36.5 Å². The third kappa shape index (κ3) is 2.97. The van der Waals surface area contributed by atoms with Crippen LogP contribution in [0, 0.1) is 11.8 Å². The number of para-hydroxylation sites is 1. The van der Waals surface area contributed by atoms with Gasteiger partial charge in [-0.1, -0.05) is 32.0 Å². The first-order valence-electron chi connectivity index (χ1n) is 12.0. The predicted molar refractivity (Wildman–Crippen MR) is 124 cm³/mol. The fraction of sp³-hybridized carbons (Fsp3) is 0.481. The summed E-state index contributed by atoms with van der Waals surface area (Å²) < 4.78 is 6.46. The molecular weight excluding hydrogens is 398 g/mol. The van der Waals surface area contributed by atoms with Crippen LogP contribution in [0.25, 0.3) is 22.3 Å². The Bertz CT molecular complexity index is 1210. The van der Waals surface area contributed by atoms with Gasteiger partial charge in [-0.2, -0.15) is 4.98 Å². The Labute approximate surface area is 188 Å². The first-order valence-corrected chi connectivity index (χ1v) is 12.0. The van der Waals surface area contributed by atoms with Crippen LogP contribution >= 0.6 is 0 Å². The molecule has 3 aromatic rings. The minimum absolute atomic E-state index is 0.0815. The molecule has 0 N–H and O–H groups in total. The highest BCUT2D eigenvalue weighted by Gasteiger charge is 2.50. The number of pyridine rings is 1. The number of ether oxygens (including phenoxy) is 1. The lowest BCUT2D eigenvalue weighted by Gasteiger charge is -2.48. The van der Waals surface area contributed by atoms with Gasteiger partial charge in [0.1, 0.15) is 11.9 Å². The number of fused-ring (bicyclic) bond motifs is 4. The molecule has 2 fully saturated rings. The largest absolute Gasteiger partial charge is 0.474 e. The van der Waals surface area contributed by atoms with E-state index in [0.717, 1.165) is 60.1 Å². The zero-order valence-electron chi connectivity index (χ0n) is 18.8. The Morgan fingerprint density at radius 1 is 1.06 bits per heavy atom. The van der Waals surface area contributed by atoms with Crippen molar-refractivity contribution in [2.45, 2.75) is 70.3 Å². The maximum Gasteiger partial charge on any atom is 0.220 e. The number of hydrogen-bond acceptors (Lipinski definition) is 5. The highest BCUT2D eigenvalue weighted by Crippen LogP contribution is 2.52. The minimum atomic E-state index is -0.126. The van der Waals surface area contributed by atoms with Gasteiger partial charge in [-0.05, 0) is 56.6 Å². The predicted octanol–water partition coefficient (Wildman–Crippen LogP) is 5.44. The molecule has 3 aliphatic carbocycles. The van der Waals surface area contributed by atoms with Crippen molar-refractivity contribution in [2.24, 2.45) is 11.8 Å². The molecule has 0 aliphatic heterocycles. The number of benzene rings is 1. The topological polar surface area (TPSA) is 65.0 Å². The van der Waals surface area contributed by atoms with E-state index >= 15 is 0 Å². The zero-order chi connectivity index (χ0) is 21.9. The number of carbonyl (C=O) groups is 1. The normalized spacial score (nSPS) is 27.5. The summed E-state index contributed by atoms with van der Waals surface area (Å²) in [5.74, 6) is 2.28. The molecule has 0 radical (unpaired) electrons. The van der Waals surface area contributed by atoms with Crippen molar-refractivity contribution in [1.29, 1.82) is 0 Å². The summed E-state index contributed by atoms with van der Waals surface area (Å²) >= 11 is 0. The lowest BCUT2D eigenvalue weighted by molar-refractivity contribution is -0.128. The second kappa shape index (κ2) is 7.36. The monoisotopic (exact) mass is 427 g/mol. The van der Waals surface area contributed by atoms with Crippen molar-refractivity contribution in [3.63, 3.8) is 0 Å². The van der Waals surface area contributed by atoms with Gasteiger partial charge >= 0.3 is 0 Å². The van der Waals surface area contributed by atoms with Gasteiger partial charge < -0.3 is 4.74 Å². The lowest BCUT2D eigenvalue weighted by Crippen LogP contribution is -2.47. The van der Waals surface area contributed by atoms with Gasteiger partial charge in [0, 0.05) is 40.5 Å². The van der Waals surface area contributed by atoms with E-state index in [2.05, 4.69) is 24.9 Å². The van der Waals surface area contributed by atoms with Crippen LogP contribution < -0.4 is 4.74 Å². The summed E-state index contributed by atoms with van der Waals surface area (Å²) in [5.41, 5.74) is 4.07. The summed E-state index contributed by atoms with van der Waals surface area (Å²) in [5, 5.41) is 1.05. The molecule has 0 spiro atoms. The third-order valence-electron chi connectivity index (χ3n) is 8.26. The third-order valence-corrected chi connectivity index (χ3v) is 8.26.